The Labute approximate surface area is 228 Å². The summed E-state index contributed by atoms with van der Waals surface area (Å²) in [6.45, 7) is 4.87. The number of amides is 3. The number of anilines is 1. The van der Waals surface area contributed by atoms with Gasteiger partial charge in [-0.1, -0.05) is 6.08 Å². The standard InChI is InChI=1S/C25H32F3N7O5/c1-24(2)39-13-16(40-24)12-38-15-5-7-30-20(9-15)33-23(37)35-14-6-8-34(11-14)18-4-3-17(32-21(18)35)22(36)31-10-19(29)25(26,27)28/h3-5,7,9,14,16-17,19,32H,6,8,10-13,29H2,1-2H3,(H,31,36)(H,30,33,37)/t14-,16-,17?,19?/m0/s1. The number of urea groups is 1. The van der Waals surface area contributed by atoms with Crippen LogP contribution in [-0.2, 0) is 14.3 Å². The zero-order valence-electron chi connectivity index (χ0n) is 22.0. The second kappa shape index (κ2) is 10.8. The largest absolute Gasteiger partial charge is 0.491 e. The Bertz CT molecular complexity index is 1210. The molecule has 3 amide bonds. The molecule has 0 aliphatic carbocycles. The second-order valence-corrected chi connectivity index (χ2v) is 10.4. The van der Waals surface area contributed by atoms with Gasteiger partial charge in [0, 0.05) is 31.9 Å². The van der Waals surface area contributed by atoms with E-state index in [-0.39, 0.29) is 24.6 Å². The molecule has 4 aliphatic heterocycles. The molecule has 2 fully saturated rings. The van der Waals surface area contributed by atoms with Crippen LogP contribution in [0.25, 0.3) is 0 Å². The van der Waals surface area contributed by atoms with Crippen LogP contribution in [0.15, 0.2) is 42.0 Å². The molecule has 5 heterocycles. The van der Waals surface area contributed by atoms with Crippen LogP contribution < -0.4 is 26.4 Å². The Hall–Kier alpha value is -3.56. The maximum atomic E-state index is 13.5. The smallest absolute Gasteiger partial charge is 0.405 e. The number of nitrogens with one attached hydrogen (secondary N) is 3. The first-order chi connectivity index (χ1) is 18.9. The normalized spacial score (nSPS) is 25.8. The summed E-state index contributed by atoms with van der Waals surface area (Å²) in [5.41, 5.74) is 5.82. The Morgan fingerprint density at radius 2 is 2.17 bits per heavy atom. The number of rotatable bonds is 7. The number of dihydropyridines is 1. The number of hydrogen-bond donors (Lipinski definition) is 4. The highest BCUT2D eigenvalue weighted by molar-refractivity contribution is 5.91. The number of alkyl halides is 3. The Kier molecular flexibility index (Phi) is 7.54. The van der Waals surface area contributed by atoms with Gasteiger partial charge in [0.1, 0.15) is 42.2 Å². The molecule has 2 unspecified atom stereocenters. The van der Waals surface area contributed by atoms with E-state index >= 15 is 0 Å². The third-order valence-electron chi connectivity index (χ3n) is 6.98. The third kappa shape index (κ3) is 6.10. The van der Waals surface area contributed by atoms with E-state index in [9.17, 15) is 22.8 Å². The average Bonchev–Trinajstić information content (AvgIpc) is 3.48. The van der Waals surface area contributed by atoms with Crippen LogP contribution in [0.2, 0.25) is 0 Å². The van der Waals surface area contributed by atoms with E-state index in [1.165, 1.54) is 11.1 Å². The van der Waals surface area contributed by atoms with Crippen molar-refractivity contribution in [3.63, 3.8) is 0 Å². The molecule has 0 saturated carbocycles. The van der Waals surface area contributed by atoms with Gasteiger partial charge in [0.25, 0.3) is 0 Å². The first-order valence-electron chi connectivity index (χ1n) is 12.9. The highest BCUT2D eigenvalue weighted by Crippen LogP contribution is 2.34. The summed E-state index contributed by atoms with van der Waals surface area (Å²) in [7, 11) is 0. The Balaban J connectivity index is 1.24. The molecule has 15 heteroatoms. The minimum atomic E-state index is -4.63. The Morgan fingerprint density at radius 1 is 1.38 bits per heavy atom. The minimum absolute atomic E-state index is 0.178. The summed E-state index contributed by atoms with van der Waals surface area (Å²) >= 11 is 0. The number of ether oxygens (including phenoxy) is 3. The zero-order chi connectivity index (χ0) is 28.7. The lowest BCUT2D eigenvalue weighted by atomic mass is 10.1. The van der Waals surface area contributed by atoms with Crippen LogP contribution in [0, 0.1) is 0 Å². The quantitative estimate of drug-likeness (QED) is 0.383. The van der Waals surface area contributed by atoms with Crippen molar-refractivity contribution < 1.29 is 37.0 Å². The fraction of sp³-hybridized carbons (Fsp3) is 0.560. The lowest BCUT2D eigenvalue weighted by Crippen LogP contribution is -2.57. The molecule has 5 rings (SSSR count). The van der Waals surface area contributed by atoms with E-state index in [1.54, 1.807) is 24.3 Å². The van der Waals surface area contributed by atoms with Gasteiger partial charge in [0.2, 0.25) is 5.91 Å². The second-order valence-electron chi connectivity index (χ2n) is 10.4. The molecule has 218 valence electrons. The number of carbonyl (C=O) groups is 2. The molecule has 0 spiro atoms. The molecule has 4 atom stereocenters. The van der Waals surface area contributed by atoms with Gasteiger partial charge in [0.15, 0.2) is 5.79 Å². The van der Waals surface area contributed by atoms with Crippen molar-refractivity contribution in [1.82, 2.24) is 25.4 Å². The molecule has 2 bridgehead atoms. The van der Waals surface area contributed by atoms with Gasteiger partial charge < -0.3 is 35.5 Å². The van der Waals surface area contributed by atoms with E-state index < -0.39 is 42.5 Å². The van der Waals surface area contributed by atoms with Crippen molar-refractivity contribution in [3.8, 4) is 5.75 Å². The fourth-order valence-corrected chi connectivity index (χ4v) is 4.97. The molecule has 1 aromatic rings. The number of pyridine rings is 1. The van der Waals surface area contributed by atoms with Crippen molar-refractivity contribution in [2.45, 2.75) is 56.5 Å². The minimum Gasteiger partial charge on any atom is -0.491 e. The number of carbonyl (C=O) groups excluding carboxylic acids is 2. The van der Waals surface area contributed by atoms with E-state index in [1.807, 2.05) is 13.8 Å². The van der Waals surface area contributed by atoms with Gasteiger partial charge in [-0.3, -0.25) is 15.0 Å². The van der Waals surface area contributed by atoms with Crippen molar-refractivity contribution in [3.05, 3.63) is 42.0 Å². The van der Waals surface area contributed by atoms with Gasteiger partial charge >= 0.3 is 12.2 Å². The number of nitrogens with two attached hydrogens (primary N) is 1. The van der Waals surface area contributed by atoms with E-state index in [0.29, 0.717) is 43.4 Å². The molecule has 4 aliphatic rings. The van der Waals surface area contributed by atoms with E-state index in [2.05, 4.69) is 25.8 Å². The number of halogens is 3. The SMILES string of the molecule is CC1(C)OC[C@H](COc2ccnc(NC(=O)N3C4=C(C=CC(C(=O)NCC(N)C(F)(F)F)N4)N4CC[C@H]3C4)c2)O1. The zero-order valence-corrected chi connectivity index (χ0v) is 22.0. The van der Waals surface area contributed by atoms with Crippen LogP contribution in [0.3, 0.4) is 0 Å². The average molecular weight is 568 g/mol. The predicted molar refractivity (Wildman–Crippen MR) is 136 cm³/mol. The van der Waals surface area contributed by atoms with Gasteiger partial charge in [0.05, 0.1) is 18.3 Å². The van der Waals surface area contributed by atoms with Crippen molar-refractivity contribution in [2.75, 3.05) is 38.2 Å². The summed E-state index contributed by atoms with van der Waals surface area (Å²) in [6.07, 6.45) is 0.589. The summed E-state index contributed by atoms with van der Waals surface area (Å²) in [5.74, 6) is -0.224. The maximum absolute atomic E-state index is 13.5. The molecular formula is C25H32F3N7O5. The van der Waals surface area contributed by atoms with Crippen molar-refractivity contribution in [1.29, 1.82) is 0 Å². The predicted octanol–water partition coefficient (Wildman–Crippen LogP) is 1.24. The summed E-state index contributed by atoms with van der Waals surface area (Å²) in [4.78, 5) is 34.0. The van der Waals surface area contributed by atoms with Crippen molar-refractivity contribution >= 4 is 17.8 Å². The van der Waals surface area contributed by atoms with Crippen LogP contribution in [0.4, 0.5) is 23.8 Å². The first-order valence-corrected chi connectivity index (χ1v) is 12.9. The number of hydrogen-bond acceptors (Lipinski definition) is 9. The molecule has 12 nitrogen and oxygen atoms in total. The molecule has 0 aromatic carbocycles. The summed E-state index contributed by atoms with van der Waals surface area (Å²) in [6, 6.07) is -0.575. The van der Waals surface area contributed by atoms with Crippen molar-refractivity contribution in [2.24, 2.45) is 5.73 Å². The van der Waals surface area contributed by atoms with Crippen LogP contribution in [0.5, 0.6) is 5.75 Å². The molecule has 2 saturated heterocycles. The number of aromatic nitrogens is 1. The summed E-state index contributed by atoms with van der Waals surface area (Å²) in [5, 5.41) is 8.03. The number of fused-ring (bicyclic) bond motifs is 3. The monoisotopic (exact) mass is 567 g/mol. The van der Waals surface area contributed by atoms with Crippen LogP contribution in [0.1, 0.15) is 20.3 Å². The molecule has 0 radical (unpaired) electrons. The topological polar surface area (TPSA) is 143 Å². The van der Waals surface area contributed by atoms with Gasteiger partial charge in [-0.25, -0.2) is 9.78 Å². The molecular weight excluding hydrogens is 535 g/mol. The number of nitrogens with zero attached hydrogens (tertiary/aromatic N) is 3. The van der Waals surface area contributed by atoms with Crippen LogP contribution in [-0.4, -0.2) is 95.8 Å². The molecule has 40 heavy (non-hydrogen) atoms. The highest BCUT2D eigenvalue weighted by atomic mass is 19.4. The van der Waals surface area contributed by atoms with E-state index in [4.69, 9.17) is 19.9 Å². The van der Waals surface area contributed by atoms with Gasteiger partial charge in [-0.2, -0.15) is 13.2 Å². The fourth-order valence-electron chi connectivity index (χ4n) is 4.97. The van der Waals surface area contributed by atoms with E-state index in [0.717, 1.165) is 0 Å². The maximum Gasteiger partial charge on any atom is 0.405 e. The highest BCUT2D eigenvalue weighted by Gasteiger charge is 2.43. The molecule has 1 aromatic heterocycles. The summed E-state index contributed by atoms with van der Waals surface area (Å²) < 4.78 is 55.3. The van der Waals surface area contributed by atoms with Gasteiger partial charge in [-0.05, 0) is 32.4 Å². The number of allylic oxidation sites excluding steroid dienone is 1. The molecule has 5 N–H and O–H groups in total. The Morgan fingerprint density at radius 3 is 2.90 bits per heavy atom. The van der Waals surface area contributed by atoms with Gasteiger partial charge in [-0.15, -0.1) is 0 Å². The third-order valence-corrected chi connectivity index (χ3v) is 6.98. The first kappa shape index (κ1) is 28.0. The van der Waals surface area contributed by atoms with Crippen LogP contribution >= 0.6 is 0 Å². The lowest BCUT2D eigenvalue weighted by Gasteiger charge is -2.40. The lowest BCUT2D eigenvalue weighted by molar-refractivity contribution is -0.147.